The number of hydrogen-bond donors (Lipinski definition) is 1. The lowest BCUT2D eigenvalue weighted by molar-refractivity contribution is -0.123. The molecule has 0 saturated carbocycles. The molecule has 1 saturated heterocycles. The predicted octanol–water partition coefficient (Wildman–Crippen LogP) is 5.55. The number of halogens is 1. The Hall–Kier alpha value is -3.47. The van der Waals surface area contributed by atoms with Crippen LogP contribution in [-0.2, 0) is 17.6 Å². The van der Waals surface area contributed by atoms with Gasteiger partial charge in [-0.25, -0.2) is 4.39 Å². The molecule has 5 rings (SSSR count). The van der Waals surface area contributed by atoms with E-state index in [-0.39, 0.29) is 17.4 Å². The highest BCUT2D eigenvalue weighted by Gasteiger charge is 2.40. The first-order valence-electron chi connectivity index (χ1n) is 11.6. The minimum absolute atomic E-state index is 0.0399. The summed E-state index contributed by atoms with van der Waals surface area (Å²) in [5.74, 6) is -1.45. The standard InChI is InChI=1S/C28H27FN2O2/c29-25-14-5-4-12-23(25)28(33)31-17-7-13-24(26(31)20-8-2-1-3-9-20)27(32)30-22-16-15-19-10-6-11-21(19)18-22/h1-5,8-9,12,14-16,18,24,26H,6-7,10-11,13,17H2,(H,30,32)/t24-,26?/m0/s1. The molecular weight excluding hydrogens is 415 g/mol. The highest BCUT2D eigenvalue weighted by atomic mass is 19.1. The number of piperidine rings is 1. The number of nitrogens with zero attached hydrogens (tertiary/aromatic N) is 1. The van der Waals surface area contributed by atoms with E-state index in [1.54, 1.807) is 17.0 Å². The normalized spacial score (nSPS) is 19.7. The summed E-state index contributed by atoms with van der Waals surface area (Å²) in [6, 6.07) is 21.3. The summed E-state index contributed by atoms with van der Waals surface area (Å²) in [5, 5.41) is 3.10. The molecule has 1 N–H and O–H groups in total. The predicted molar refractivity (Wildman–Crippen MR) is 126 cm³/mol. The Labute approximate surface area is 193 Å². The van der Waals surface area contributed by atoms with E-state index < -0.39 is 17.8 Å². The lowest BCUT2D eigenvalue weighted by Gasteiger charge is -2.41. The number of benzene rings is 3. The molecule has 2 atom stereocenters. The summed E-state index contributed by atoms with van der Waals surface area (Å²) in [7, 11) is 0. The number of aryl methyl sites for hydroxylation is 2. The number of anilines is 1. The minimum Gasteiger partial charge on any atom is -0.331 e. The van der Waals surface area contributed by atoms with Crippen molar-refractivity contribution in [1.29, 1.82) is 0 Å². The second kappa shape index (κ2) is 9.18. The SMILES string of the molecule is O=C(Nc1ccc2c(c1)CCC2)[C@H]1CCCN(C(=O)c2ccccc2F)C1c1ccccc1. The fourth-order valence-corrected chi connectivity index (χ4v) is 5.23. The minimum atomic E-state index is -0.543. The molecule has 3 aromatic carbocycles. The van der Waals surface area contributed by atoms with E-state index in [0.29, 0.717) is 19.4 Å². The molecule has 0 radical (unpaired) electrons. The molecule has 1 unspecified atom stereocenters. The molecule has 33 heavy (non-hydrogen) atoms. The Morgan fingerprint density at radius 2 is 1.64 bits per heavy atom. The number of likely N-dealkylation sites (tertiary alicyclic amines) is 1. The molecule has 168 valence electrons. The molecule has 1 aliphatic carbocycles. The zero-order valence-corrected chi connectivity index (χ0v) is 18.5. The molecular formula is C28H27FN2O2. The Morgan fingerprint density at radius 3 is 2.45 bits per heavy atom. The van der Waals surface area contributed by atoms with Crippen LogP contribution in [0.1, 0.15) is 52.4 Å². The van der Waals surface area contributed by atoms with E-state index in [0.717, 1.165) is 30.5 Å². The van der Waals surface area contributed by atoms with E-state index >= 15 is 0 Å². The molecule has 1 heterocycles. The van der Waals surface area contributed by atoms with Crippen LogP contribution in [0, 0.1) is 11.7 Å². The Kier molecular flexibility index (Phi) is 5.95. The van der Waals surface area contributed by atoms with E-state index in [9.17, 15) is 14.0 Å². The number of hydrogen-bond acceptors (Lipinski definition) is 2. The maximum Gasteiger partial charge on any atom is 0.257 e. The maximum absolute atomic E-state index is 14.5. The fourth-order valence-electron chi connectivity index (χ4n) is 5.23. The summed E-state index contributed by atoms with van der Waals surface area (Å²) < 4.78 is 14.5. The quantitative estimate of drug-likeness (QED) is 0.576. The summed E-state index contributed by atoms with van der Waals surface area (Å²) >= 11 is 0. The second-order valence-corrected chi connectivity index (χ2v) is 8.91. The highest BCUT2D eigenvalue weighted by molar-refractivity contribution is 5.97. The van der Waals surface area contributed by atoms with Crippen LogP contribution in [0.2, 0.25) is 0 Å². The Bertz CT molecular complexity index is 1180. The lowest BCUT2D eigenvalue weighted by atomic mass is 9.83. The summed E-state index contributed by atoms with van der Waals surface area (Å²) in [6.45, 7) is 0.482. The van der Waals surface area contributed by atoms with Crippen molar-refractivity contribution in [3.63, 3.8) is 0 Å². The van der Waals surface area contributed by atoms with Crippen LogP contribution in [0.25, 0.3) is 0 Å². The topological polar surface area (TPSA) is 49.4 Å². The monoisotopic (exact) mass is 442 g/mol. The largest absolute Gasteiger partial charge is 0.331 e. The molecule has 0 spiro atoms. The van der Waals surface area contributed by atoms with E-state index in [1.165, 1.54) is 23.3 Å². The van der Waals surface area contributed by atoms with Gasteiger partial charge in [-0.3, -0.25) is 9.59 Å². The third-order valence-electron chi connectivity index (χ3n) is 6.84. The van der Waals surface area contributed by atoms with Crippen molar-refractivity contribution in [2.24, 2.45) is 5.92 Å². The first-order valence-corrected chi connectivity index (χ1v) is 11.6. The molecule has 0 bridgehead atoms. The zero-order valence-electron chi connectivity index (χ0n) is 18.5. The van der Waals surface area contributed by atoms with Gasteiger partial charge in [-0.1, -0.05) is 48.5 Å². The van der Waals surface area contributed by atoms with Crippen molar-refractivity contribution >= 4 is 17.5 Å². The third-order valence-corrected chi connectivity index (χ3v) is 6.84. The number of nitrogens with one attached hydrogen (secondary N) is 1. The van der Waals surface area contributed by atoms with Gasteiger partial charge in [0.1, 0.15) is 5.82 Å². The van der Waals surface area contributed by atoms with Crippen molar-refractivity contribution in [3.8, 4) is 0 Å². The highest BCUT2D eigenvalue weighted by Crippen LogP contribution is 2.38. The van der Waals surface area contributed by atoms with Gasteiger partial charge in [0, 0.05) is 12.2 Å². The number of carbonyl (C=O) groups excluding carboxylic acids is 2. The number of carbonyl (C=O) groups is 2. The van der Waals surface area contributed by atoms with Gasteiger partial charge in [-0.2, -0.15) is 0 Å². The molecule has 2 aliphatic rings. The summed E-state index contributed by atoms with van der Waals surface area (Å²) in [5.41, 5.74) is 4.38. The molecule has 1 fully saturated rings. The van der Waals surface area contributed by atoms with E-state index in [2.05, 4.69) is 17.4 Å². The van der Waals surface area contributed by atoms with Gasteiger partial charge in [-0.05, 0) is 73.1 Å². The first-order chi connectivity index (χ1) is 16.1. The number of rotatable bonds is 4. The van der Waals surface area contributed by atoms with Gasteiger partial charge < -0.3 is 10.2 Å². The average Bonchev–Trinajstić information content (AvgIpc) is 3.32. The fraction of sp³-hybridized carbons (Fsp3) is 0.286. The van der Waals surface area contributed by atoms with Gasteiger partial charge in [-0.15, -0.1) is 0 Å². The second-order valence-electron chi connectivity index (χ2n) is 8.91. The average molecular weight is 443 g/mol. The van der Waals surface area contributed by atoms with Gasteiger partial charge in [0.05, 0.1) is 17.5 Å². The smallest absolute Gasteiger partial charge is 0.257 e. The van der Waals surface area contributed by atoms with Gasteiger partial charge in [0.2, 0.25) is 5.91 Å². The molecule has 5 heteroatoms. The maximum atomic E-state index is 14.5. The summed E-state index contributed by atoms with van der Waals surface area (Å²) in [4.78, 5) is 28.6. The lowest BCUT2D eigenvalue weighted by Crippen LogP contribution is -2.46. The van der Waals surface area contributed by atoms with Crippen LogP contribution in [0.5, 0.6) is 0 Å². The van der Waals surface area contributed by atoms with Crippen LogP contribution in [0.4, 0.5) is 10.1 Å². The van der Waals surface area contributed by atoms with Crippen LogP contribution in [0.3, 0.4) is 0 Å². The molecule has 4 nitrogen and oxygen atoms in total. The van der Waals surface area contributed by atoms with Crippen LogP contribution < -0.4 is 5.32 Å². The van der Waals surface area contributed by atoms with Gasteiger partial charge in [0.15, 0.2) is 0 Å². The number of fused-ring (bicyclic) bond motifs is 1. The molecule has 1 aliphatic heterocycles. The molecule has 0 aromatic heterocycles. The Morgan fingerprint density at radius 1 is 0.879 bits per heavy atom. The van der Waals surface area contributed by atoms with Crippen LogP contribution in [-0.4, -0.2) is 23.3 Å². The van der Waals surface area contributed by atoms with Crippen LogP contribution in [0.15, 0.2) is 72.8 Å². The van der Waals surface area contributed by atoms with Gasteiger partial charge in [0.25, 0.3) is 5.91 Å². The number of amides is 2. The van der Waals surface area contributed by atoms with Crippen molar-refractivity contribution < 1.29 is 14.0 Å². The zero-order chi connectivity index (χ0) is 22.8. The molecule has 2 amide bonds. The van der Waals surface area contributed by atoms with E-state index in [1.807, 2.05) is 36.4 Å². The van der Waals surface area contributed by atoms with Gasteiger partial charge >= 0.3 is 0 Å². The first kappa shape index (κ1) is 21.4. The van der Waals surface area contributed by atoms with Crippen molar-refractivity contribution in [2.45, 2.75) is 38.1 Å². The third kappa shape index (κ3) is 4.28. The van der Waals surface area contributed by atoms with Crippen molar-refractivity contribution in [1.82, 2.24) is 4.90 Å². The Balaban J connectivity index is 1.46. The molecule has 3 aromatic rings. The van der Waals surface area contributed by atoms with E-state index in [4.69, 9.17) is 0 Å². The van der Waals surface area contributed by atoms with Crippen LogP contribution >= 0.6 is 0 Å². The van der Waals surface area contributed by atoms with Crippen molar-refractivity contribution in [3.05, 3.63) is 101 Å². The summed E-state index contributed by atoms with van der Waals surface area (Å²) in [6.07, 6.45) is 4.64. The van der Waals surface area contributed by atoms with Crippen molar-refractivity contribution in [2.75, 3.05) is 11.9 Å².